The van der Waals surface area contributed by atoms with Crippen LogP contribution in [-0.2, 0) is 11.3 Å². The average Bonchev–Trinajstić information content (AvgIpc) is 3.11. The number of aromatic nitrogens is 1. The number of carbonyl (C=O) groups excluding carboxylic acids is 1. The maximum Gasteiger partial charge on any atom is 0.234 e. The van der Waals surface area contributed by atoms with Crippen molar-refractivity contribution in [3.8, 4) is 0 Å². The Kier molecular flexibility index (Phi) is 5.06. The molecule has 6 nitrogen and oxygen atoms in total. The normalized spacial score (nSPS) is 23.6. The standard InChI is InChI=1S/C18H29N5O/c1-18(2)7-9-22(13-18)12-17(24)20-10-15-4-3-5-16(21-15)23-8-6-14(19)11-23/h3-5,14H,6-13,19H2,1-2H3,(H,20,24). The molecule has 0 radical (unpaired) electrons. The van der Waals surface area contributed by atoms with E-state index in [-0.39, 0.29) is 11.9 Å². The van der Waals surface area contributed by atoms with Crippen LogP contribution in [-0.4, -0.2) is 54.6 Å². The van der Waals surface area contributed by atoms with Gasteiger partial charge in [0.25, 0.3) is 0 Å². The Morgan fingerprint density at radius 3 is 2.92 bits per heavy atom. The summed E-state index contributed by atoms with van der Waals surface area (Å²) in [4.78, 5) is 21.3. The number of anilines is 1. The summed E-state index contributed by atoms with van der Waals surface area (Å²) < 4.78 is 0. The van der Waals surface area contributed by atoms with Gasteiger partial charge in [0.15, 0.2) is 0 Å². The molecule has 24 heavy (non-hydrogen) atoms. The van der Waals surface area contributed by atoms with Gasteiger partial charge < -0.3 is 16.0 Å². The van der Waals surface area contributed by atoms with Crippen molar-refractivity contribution in [1.29, 1.82) is 0 Å². The van der Waals surface area contributed by atoms with Gasteiger partial charge in [-0.2, -0.15) is 0 Å². The summed E-state index contributed by atoms with van der Waals surface area (Å²) in [5, 5.41) is 2.99. The Balaban J connectivity index is 1.49. The van der Waals surface area contributed by atoms with Crippen molar-refractivity contribution in [1.82, 2.24) is 15.2 Å². The van der Waals surface area contributed by atoms with Gasteiger partial charge >= 0.3 is 0 Å². The third-order valence-electron chi connectivity index (χ3n) is 4.93. The van der Waals surface area contributed by atoms with Gasteiger partial charge in [-0.25, -0.2) is 4.98 Å². The Hall–Kier alpha value is -1.66. The first-order chi connectivity index (χ1) is 11.4. The molecule has 1 unspecified atom stereocenters. The molecule has 1 aromatic heterocycles. The SMILES string of the molecule is CC1(C)CCN(CC(=O)NCc2cccc(N3CCC(N)C3)n2)C1. The average molecular weight is 331 g/mol. The molecule has 3 heterocycles. The van der Waals surface area contributed by atoms with Crippen molar-refractivity contribution >= 4 is 11.7 Å². The molecule has 0 aliphatic carbocycles. The van der Waals surface area contributed by atoms with Crippen LogP contribution in [0.2, 0.25) is 0 Å². The highest BCUT2D eigenvalue weighted by molar-refractivity contribution is 5.78. The molecular weight excluding hydrogens is 302 g/mol. The first-order valence-corrected chi connectivity index (χ1v) is 8.87. The van der Waals surface area contributed by atoms with E-state index in [0.717, 1.165) is 50.5 Å². The number of likely N-dealkylation sites (tertiary alicyclic amines) is 1. The van der Waals surface area contributed by atoms with Gasteiger partial charge in [0, 0.05) is 25.7 Å². The van der Waals surface area contributed by atoms with Gasteiger partial charge in [-0.3, -0.25) is 9.69 Å². The minimum absolute atomic E-state index is 0.0723. The zero-order valence-corrected chi connectivity index (χ0v) is 14.8. The van der Waals surface area contributed by atoms with Crippen LogP contribution in [0.15, 0.2) is 18.2 Å². The van der Waals surface area contributed by atoms with Gasteiger partial charge in [0.1, 0.15) is 5.82 Å². The van der Waals surface area contributed by atoms with E-state index >= 15 is 0 Å². The van der Waals surface area contributed by atoms with Crippen LogP contribution in [0.1, 0.15) is 32.4 Å². The van der Waals surface area contributed by atoms with Crippen LogP contribution in [0, 0.1) is 5.41 Å². The lowest BCUT2D eigenvalue weighted by molar-refractivity contribution is -0.122. The molecule has 3 N–H and O–H groups in total. The lowest BCUT2D eigenvalue weighted by Crippen LogP contribution is -2.36. The summed E-state index contributed by atoms with van der Waals surface area (Å²) in [5.74, 6) is 1.03. The summed E-state index contributed by atoms with van der Waals surface area (Å²) in [6.45, 7) is 9.26. The van der Waals surface area contributed by atoms with Crippen LogP contribution < -0.4 is 16.0 Å². The van der Waals surface area contributed by atoms with Crippen molar-refractivity contribution in [3.63, 3.8) is 0 Å². The highest BCUT2D eigenvalue weighted by Gasteiger charge is 2.29. The van der Waals surface area contributed by atoms with Crippen molar-refractivity contribution in [3.05, 3.63) is 23.9 Å². The lowest BCUT2D eigenvalue weighted by atomic mass is 9.93. The minimum Gasteiger partial charge on any atom is -0.355 e. The van der Waals surface area contributed by atoms with Crippen LogP contribution in [0.5, 0.6) is 0 Å². The third kappa shape index (κ3) is 4.45. The van der Waals surface area contributed by atoms with Crippen molar-refractivity contribution < 1.29 is 4.79 Å². The molecule has 2 saturated heterocycles. The zero-order chi connectivity index (χ0) is 17.2. The number of hydrogen-bond donors (Lipinski definition) is 2. The smallest absolute Gasteiger partial charge is 0.234 e. The molecule has 6 heteroatoms. The highest BCUT2D eigenvalue weighted by atomic mass is 16.2. The maximum atomic E-state index is 12.2. The lowest BCUT2D eigenvalue weighted by Gasteiger charge is -2.19. The number of hydrogen-bond acceptors (Lipinski definition) is 5. The van der Waals surface area contributed by atoms with Gasteiger partial charge in [-0.1, -0.05) is 19.9 Å². The van der Waals surface area contributed by atoms with Gasteiger partial charge in [-0.15, -0.1) is 0 Å². The largest absolute Gasteiger partial charge is 0.355 e. The number of amides is 1. The Morgan fingerprint density at radius 2 is 2.25 bits per heavy atom. The van der Waals surface area contributed by atoms with E-state index < -0.39 is 0 Å². The molecule has 132 valence electrons. The Bertz CT molecular complexity index is 589. The molecule has 0 aromatic carbocycles. The predicted molar refractivity (Wildman–Crippen MR) is 95.7 cm³/mol. The minimum atomic E-state index is 0.0723. The molecule has 2 aliphatic heterocycles. The Labute approximate surface area is 144 Å². The molecule has 1 aromatic rings. The van der Waals surface area contributed by atoms with Crippen LogP contribution in [0.3, 0.4) is 0 Å². The van der Waals surface area contributed by atoms with E-state index in [2.05, 4.69) is 33.9 Å². The van der Waals surface area contributed by atoms with Gasteiger partial charge in [-0.05, 0) is 36.9 Å². The van der Waals surface area contributed by atoms with E-state index in [4.69, 9.17) is 5.73 Å². The van der Waals surface area contributed by atoms with E-state index in [1.807, 2.05) is 18.2 Å². The molecular formula is C18H29N5O. The number of pyridine rings is 1. The molecule has 2 fully saturated rings. The molecule has 1 amide bonds. The summed E-state index contributed by atoms with van der Waals surface area (Å²) in [7, 11) is 0. The molecule has 1 atom stereocenters. The van der Waals surface area contributed by atoms with E-state index in [0.29, 0.717) is 18.5 Å². The van der Waals surface area contributed by atoms with Crippen molar-refractivity contribution in [2.75, 3.05) is 37.6 Å². The summed E-state index contributed by atoms with van der Waals surface area (Å²) in [6.07, 6.45) is 2.16. The molecule has 2 aliphatic rings. The van der Waals surface area contributed by atoms with Crippen LogP contribution in [0.4, 0.5) is 5.82 Å². The van der Waals surface area contributed by atoms with Crippen molar-refractivity contribution in [2.24, 2.45) is 11.1 Å². The molecule has 0 bridgehead atoms. The second-order valence-electron chi connectivity index (χ2n) is 7.88. The fourth-order valence-electron chi connectivity index (χ4n) is 3.54. The monoisotopic (exact) mass is 331 g/mol. The summed E-state index contributed by atoms with van der Waals surface area (Å²) >= 11 is 0. The number of nitrogens with two attached hydrogens (primary N) is 1. The molecule has 0 spiro atoms. The molecule has 0 saturated carbocycles. The fourth-order valence-corrected chi connectivity index (χ4v) is 3.54. The first-order valence-electron chi connectivity index (χ1n) is 8.87. The predicted octanol–water partition coefficient (Wildman–Crippen LogP) is 0.967. The number of carbonyl (C=O) groups is 1. The summed E-state index contributed by atoms with van der Waals surface area (Å²) in [5.41, 5.74) is 7.18. The topological polar surface area (TPSA) is 74.5 Å². The first kappa shape index (κ1) is 17.2. The summed E-state index contributed by atoms with van der Waals surface area (Å²) in [6, 6.07) is 6.20. The second-order valence-corrected chi connectivity index (χ2v) is 7.88. The second kappa shape index (κ2) is 7.07. The quantitative estimate of drug-likeness (QED) is 0.841. The van der Waals surface area contributed by atoms with E-state index in [1.165, 1.54) is 0 Å². The van der Waals surface area contributed by atoms with E-state index in [1.54, 1.807) is 0 Å². The third-order valence-corrected chi connectivity index (χ3v) is 4.93. The highest BCUT2D eigenvalue weighted by Crippen LogP contribution is 2.28. The zero-order valence-electron chi connectivity index (χ0n) is 14.8. The van der Waals surface area contributed by atoms with Crippen LogP contribution >= 0.6 is 0 Å². The van der Waals surface area contributed by atoms with E-state index in [9.17, 15) is 4.79 Å². The fraction of sp³-hybridized carbons (Fsp3) is 0.667. The number of rotatable bonds is 5. The number of nitrogens with one attached hydrogen (secondary N) is 1. The van der Waals surface area contributed by atoms with Gasteiger partial charge in [0.2, 0.25) is 5.91 Å². The maximum absolute atomic E-state index is 12.2. The number of nitrogens with zero attached hydrogens (tertiary/aromatic N) is 3. The molecule has 3 rings (SSSR count). The Morgan fingerprint density at radius 1 is 1.42 bits per heavy atom. The van der Waals surface area contributed by atoms with Gasteiger partial charge in [0.05, 0.1) is 18.8 Å². The van der Waals surface area contributed by atoms with Crippen molar-refractivity contribution in [2.45, 2.75) is 39.3 Å². The van der Waals surface area contributed by atoms with Crippen LogP contribution in [0.25, 0.3) is 0 Å².